The molecule has 0 aliphatic rings. The van der Waals surface area contributed by atoms with Crippen LogP contribution in [0.1, 0.15) is 27.2 Å². The van der Waals surface area contributed by atoms with E-state index < -0.39 is 0 Å². The summed E-state index contributed by atoms with van der Waals surface area (Å²) in [6, 6.07) is 0.441. The lowest BCUT2D eigenvalue weighted by molar-refractivity contribution is 0.508. The second-order valence-corrected chi connectivity index (χ2v) is 4.54. The monoisotopic (exact) mass is 257 g/mol. The predicted octanol–water partition coefficient (Wildman–Crippen LogP) is 3.09. The number of rotatable bonds is 4. The van der Waals surface area contributed by atoms with Crippen LogP contribution < -0.4 is 5.32 Å². The van der Waals surface area contributed by atoms with Gasteiger partial charge < -0.3 is 5.32 Å². The van der Waals surface area contributed by atoms with E-state index in [1.807, 2.05) is 0 Å². The minimum Gasteiger partial charge on any atom is -0.351 e. The molecule has 1 atom stereocenters. The molecule has 78 valence electrons. The summed E-state index contributed by atoms with van der Waals surface area (Å²) in [5.74, 6) is 1.29. The van der Waals surface area contributed by atoms with Gasteiger partial charge in [0.1, 0.15) is 0 Å². The first-order chi connectivity index (χ1) is 6.63. The summed E-state index contributed by atoms with van der Waals surface area (Å²) in [5.41, 5.74) is 0. The van der Waals surface area contributed by atoms with Crippen LogP contribution in [0.3, 0.4) is 0 Å². The van der Waals surface area contributed by atoms with E-state index in [-0.39, 0.29) is 0 Å². The molecule has 1 aromatic rings. The Hall–Kier alpha value is -0.640. The highest BCUT2D eigenvalue weighted by Gasteiger charge is 2.11. The molecule has 1 unspecified atom stereocenters. The lowest BCUT2D eigenvalue weighted by Crippen LogP contribution is -2.25. The first kappa shape index (κ1) is 11.4. The van der Waals surface area contributed by atoms with Crippen molar-refractivity contribution in [2.45, 2.75) is 33.2 Å². The molecule has 0 aliphatic heterocycles. The Morgan fingerprint density at radius 3 is 2.36 bits per heavy atom. The largest absolute Gasteiger partial charge is 0.351 e. The van der Waals surface area contributed by atoms with Gasteiger partial charge in [-0.3, -0.25) is 0 Å². The number of anilines is 1. The molecule has 0 saturated heterocycles. The molecule has 0 bridgehead atoms. The fraction of sp³-hybridized carbons (Fsp3) is 0.600. The summed E-state index contributed by atoms with van der Waals surface area (Å²) in [7, 11) is 0. The van der Waals surface area contributed by atoms with Gasteiger partial charge in [-0.15, -0.1) is 0 Å². The van der Waals surface area contributed by atoms with Crippen molar-refractivity contribution in [2.24, 2.45) is 5.92 Å². The van der Waals surface area contributed by atoms with Crippen LogP contribution >= 0.6 is 15.9 Å². The van der Waals surface area contributed by atoms with E-state index >= 15 is 0 Å². The average Bonchev–Trinajstić information content (AvgIpc) is 2.16. The molecular weight excluding hydrogens is 242 g/mol. The molecule has 0 aliphatic carbocycles. The van der Waals surface area contributed by atoms with Gasteiger partial charge in [-0.1, -0.05) is 20.8 Å². The zero-order chi connectivity index (χ0) is 10.6. The van der Waals surface area contributed by atoms with Crippen molar-refractivity contribution in [1.82, 2.24) is 9.97 Å². The average molecular weight is 258 g/mol. The Balaban J connectivity index is 2.63. The molecule has 0 saturated carbocycles. The molecule has 1 rings (SSSR count). The third-order valence-corrected chi connectivity index (χ3v) is 2.59. The van der Waals surface area contributed by atoms with Crippen LogP contribution in [0.4, 0.5) is 5.95 Å². The second-order valence-electron chi connectivity index (χ2n) is 3.63. The number of hydrogen-bond acceptors (Lipinski definition) is 3. The molecule has 0 spiro atoms. The van der Waals surface area contributed by atoms with E-state index in [1.54, 1.807) is 12.4 Å². The first-order valence-electron chi connectivity index (χ1n) is 4.87. The zero-order valence-electron chi connectivity index (χ0n) is 8.79. The molecule has 1 N–H and O–H groups in total. The van der Waals surface area contributed by atoms with Gasteiger partial charge in [0, 0.05) is 18.4 Å². The van der Waals surface area contributed by atoms with Crippen LogP contribution in [0.5, 0.6) is 0 Å². The van der Waals surface area contributed by atoms with Gasteiger partial charge in [0.25, 0.3) is 0 Å². The standard InChI is InChI=1S/C10H16BrN3/c1-4-9(7(2)3)14-10-12-5-8(11)6-13-10/h5-7,9H,4H2,1-3H3,(H,12,13,14). The fourth-order valence-corrected chi connectivity index (χ4v) is 1.50. The third kappa shape index (κ3) is 3.25. The summed E-state index contributed by atoms with van der Waals surface area (Å²) in [4.78, 5) is 8.36. The highest BCUT2D eigenvalue weighted by molar-refractivity contribution is 9.10. The van der Waals surface area contributed by atoms with E-state index in [9.17, 15) is 0 Å². The summed E-state index contributed by atoms with van der Waals surface area (Å²) < 4.78 is 0.903. The van der Waals surface area contributed by atoms with Crippen LogP contribution in [-0.2, 0) is 0 Å². The number of halogens is 1. The molecular formula is C10H16BrN3. The quantitative estimate of drug-likeness (QED) is 0.901. The lowest BCUT2D eigenvalue weighted by Gasteiger charge is -2.20. The Labute approximate surface area is 93.5 Å². The molecule has 1 heterocycles. The van der Waals surface area contributed by atoms with Gasteiger partial charge in [0.2, 0.25) is 5.95 Å². The molecule has 0 amide bonds. The topological polar surface area (TPSA) is 37.8 Å². The summed E-state index contributed by atoms with van der Waals surface area (Å²) in [6.07, 6.45) is 4.59. The molecule has 14 heavy (non-hydrogen) atoms. The fourth-order valence-electron chi connectivity index (χ4n) is 1.29. The van der Waals surface area contributed by atoms with Gasteiger partial charge in [0.05, 0.1) is 4.47 Å². The highest BCUT2D eigenvalue weighted by atomic mass is 79.9. The normalized spacial score (nSPS) is 12.9. The van der Waals surface area contributed by atoms with Gasteiger partial charge in [-0.2, -0.15) is 0 Å². The van der Waals surface area contributed by atoms with Gasteiger partial charge >= 0.3 is 0 Å². The van der Waals surface area contributed by atoms with Crippen LogP contribution in [0.25, 0.3) is 0 Å². The summed E-state index contributed by atoms with van der Waals surface area (Å²) >= 11 is 3.30. The first-order valence-corrected chi connectivity index (χ1v) is 5.67. The Kier molecular flexibility index (Phi) is 4.32. The van der Waals surface area contributed by atoms with Crippen molar-refractivity contribution in [3.05, 3.63) is 16.9 Å². The highest BCUT2D eigenvalue weighted by Crippen LogP contribution is 2.12. The van der Waals surface area contributed by atoms with Crippen molar-refractivity contribution in [1.29, 1.82) is 0 Å². The molecule has 0 fully saturated rings. The van der Waals surface area contributed by atoms with Gasteiger partial charge in [-0.25, -0.2) is 9.97 Å². The maximum atomic E-state index is 4.18. The minimum atomic E-state index is 0.441. The Morgan fingerprint density at radius 2 is 1.93 bits per heavy atom. The van der Waals surface area contributed by atoms with E-state index in [1.165, 1.54) is 0 Å². The maximum Gasteiger partial charge on any atom is 0.222 e. The number of nitrogens with zero attached hydrogens (tertiary/aromatic N) is 2. The van der Waals surface area contributed by atoms with Crippen LogP contribution in [-0.4, -0.2) is 16.0 Å². The van der Waals surface area contributed by atoms with Crippen molar-refractivity contribution >= 4 is 21.9 Å². The van der Waals surface area contributed by atoms with Crippen molar-refractivity contribution < 1.29 is 0 Å². The molecule has 3 nitrogen and oxygen atoms in total. The lowest BCUT2D eigenvalue weighted by atomic mass is 10.0. The molecule has 0 aromatic carbocycles. The number of hydrogen-bond donors (Lipinski definition) is 1. The molecule has 1 aromatic heterocycles. The second kappa shape index (κ2) is 5.29. The van der Waals surface area contributed by atoms with Crippen LogP contribution in [0, 0.1) is 5.92 Å². The van der Waals surface area contributed by atoms with Gasteiger partial charge in [-0.05, 0) is 28.3 Å². The van der Waals surface area contributed by atoms with E-state index in [0.717, 1.165) is 10.9 Å². The van der Waals surface area contributed by atoms with Crippen molar-refractivity contribution in [2.75, 3.05) is 5.32 Å². The van der Waals surface area contributed by atoms with Gasteiger partial charge in [0.15, 0.2) is 0 Å². The number of nitrogens with one attached hydrogen (secondary N) is 1. The SMILES string of the molecule is CCC(Nc1ncc(Br)cn1)C(C)C. The number of aromatic nitrogens is 2. The molecule has 0 radical (unpaired) electrons. The zero-order valence-corrected chi connectivity index (χ0v) is 10.4. The van der Waals surface area contributed by atoms with Crippen LogP contribution in [0.15, 0.2) is 16.9 Å². The molecule has 4 heteroatoms. The van der Waals surface area contributed by atoms with E-state index in [0.29, 0.717) is 17.9 Å². The Morgan fingerprint density at radius 1 is 1.36 bits per heavy atom. The van der Waals surface area contributed by atoms with Crippen molar-refractivity contribution in [3.8, 4) is 0 Å². The van der Waals surface area contributed by atoms with Crippen LogP contribution in [0.2, 0.25) is 0 Å². The summed E-state index contributed by atoms with van der Waals surface area (Å²) in [5, 5.41) is 3.31. The predicted molar refractivity (Wildman–Crippen MR) is 62.3 cm³/mol. The van der Waals surface area contributed by atoms with E-state index in [2.05, 4.69) is 52.0 Å². The minimum absolute atomic E-state index is 0.441. The Bertz CT molecular complexity index is 271. The third-order valence-electron chi connectivity index (χ3n) is 2.18. The maximum absolute atomic E-state index is 4.18. The van der Waals surface area contributed by atoms with Crippen molar-refractivity contribution in [3.63, 3.8) is 0 Å². The van der Waals surface area contributed by atoms with E-state index in [4.69, 9.17) is 0 Å². The summed E-state index contributed by atoms with van der Waals surface area (Å²) in [6.45, 7) is 6.55. The smallest absolute Gasteiger partial charge is 0.222 e.